The van der Waals surface area contributed by atoms with Crippen molar-refractivity contribution in [1.82, 2.24) is 14.9 Å². The van der Waals surface area contributed by atoms with Gasteiger partial charge in [0.25, 0.3) is 0 Å². The lowest BCUT2D eigenvalue weighted by Crippen LogP contribution is -2.29. The highest BCUT2D eigenvalue weighted by Gasteiger charge is 2.18. The average Bonchev–Trinajstić information content (AvgIpc) is 3.14. The van der Waals surface area contributed by atoms with E-state index >= 15 is 0 Å². The van der Waals surface area contributed by atoms with Gasteiger partial charge >= 0.3 is 0 Å². The zero-order valence-corrected chi connectivity index (χ0v) is 12.2. The third-order valence-electron chi connectivity index (χ3n) is 4.55. The molecule has 1 aromatic heterocycles. The summed E-state index contributed by atoms with van der Waals surface area (Å²) in [4.78, 5) is 4.38. The molecule has 0 saturated heterocycles. The largest absolute Gasteiger partial charge is 0.493 e. The fourth-order valence-electron chi connectivity index (χ4n) is 3.37. The van der Waals surface area contributed by atoms with Gasteiger partial charge in [-0.1, -0.05) is 12.1 Å². The molecule has 0 amide bonds. The summed E-state index contributed by atoms with van der Waals surface area (Å²) >= 11 is 0. The SMILES string of the molecule is c1cn2c(n1)CCC(CNCc1ccc3c(c1)CCO3)C2. The van der Waals surface area contributed by atoms with Crippen LogP contribution in [0.25, 0.3) is 0 Å². The minimum atomic E-state index is 0.712. The molecule has 3 heterocycles. The van der Waals surface area contributed by atoms with Gasteiger partial charge in [-0.05, 0) is 36.1 Å². The van der Waals surface area contributed by atoms with Gasteiger partial charge < -0.3 is 14.6 Å². The van der Waals surface area contributed by atoms with Crippen molar-refractivity contribution in [2.24, 2.45) is 5.92 Å². The van der Waals surface area contributed by atoms with Crippen LogP contribution in [0.4, 0.5) is 0 Å². The van der Waals surface area contributed by atoms with E-state index in [4.69, 9.17) is 4.74 Å². The predicted molar refractivity (Wildman–Crippen MR) is 81.4 cm³/mol. The van der Waals surface area contributed by atoms with E-state index in [1.165, 1.54) is 23.4 Å². The van der Waals surface area contributed by atoms with Crippen LogP contribution < -0.4 is 10.1 Å². The van der Waals surface area contributed by atoms with Gasteiger partial charge in [0.05, 0.1) is 6.61 Å². The monoisotopic (exact) mass is 283 g/mol. The van der Waals surface area contributed by atoms with Crippen LogP contribution in [0.5, 0.6) is 5.75 Å². The Bertz CT molecular complexity index is 635. The number of benzene rings is 1. The van der Waals surface area contributed by atoms with Gasteiger partial charge in [0.1, 0.15) is 11.6 Å². The van der Waals surface area contributed by atoms with E-state index in [0.717, 1.165) is 44.8 Å². The van der Waals surface area contributed by atoms with Crippen LogP contribution in [0, 0.1) is 5.92 Å². The summed E-state index contributed by atoms with van der Waals surface area (Å²) in [6, 6.07) is 6.56. The third kappa shape index (κ3) is 2.68. The highest BCUT2D eigenvalue weighted by molar-refractivity contribution is 5.39. The Hall–Kier alpha value is -1.81. The molecule has 0 bridgehead atoms. The number of rotatable bonds is 4. The number of nitrogens with zero attached hydrogens (tertiary/aromatic N) is 2. The minimum Gasteiger partial charge on any atom is -0.493 e. The van der Waals surface area contributed by atoms with E-state index in [1.807, 2.05) is 6.20 Å². The second kappa shape index (κ2) is 5.53. The van der Waals surface area contributed by atoms with Crippen LogP contribution in [0.1, 0.15) is 23.4 Å². The molecule has 1 atom stereocenters. The van der Waals surface area contributed by atoms with Crippen LogP contribution in [-0.4, -0.2) is 22.7 Å². The molecule has 0 spiro atoms. The normalized spacial score (nSPS) is 19.9. The van der Waals surface area contributed by atoms with E-state index in [1.54, 1.807) is 0 Å². The Morgan fingerprint density at radius 1 is 1.33 bits per heavy atom. The lowest BCUT2D eigenvalue weighted by atomic mass is 9.99. The topological polar surface area (TPSA) is 39.1 Å². The molecule has 1 unspecified atom stereocenters. The van der Waals surface area contributed by atoms with Crippen LogP contribution in [0.2, 0.25) is 0 Å². The number of ether oxygens (including phenoxy) is 1. The summed E-state index contributed by atoms with van der Waals surface area (Å²) < 4.78 is 7.84. The summed E-state index contributed by atoms with van der Waals surface area (Å²) in [5.41, 5.74) is 2.72. The number of hydrogen-bond donors (Lipinski definition) is 1. The second-order valence-electron chi connectivity index (χ2n) is 6.07. The Labute approximate surface area is 125 Å². The smallest absolute Gasteiger partial charge is 0.122 e. The molecule has 21 heavy (non-hydrogen) atoms. The van der Waals surface area contributed by atoms with Crippen molar-refractivity contribution in [3.63, 3.8) is 0 Å². The molecule has 2 aliphatic rings. The van der Waals surface area contributed by atoms with Gasteiger partial charge in [0.2, 0.25) is 0 Å². The standard InChI is InChI=1S/C17H21N3O/c1-3-16-15(5-8-21-16)9-13(1)10-18-11-14-2-4-17-19-6-7-20(17)12-14/h1,3,6-7,9,14,18H,2,4-5,8,10-12H2. The molecule has 4 heteroatoms. The predicted octanol–water partition coefficient (Wildman–Crippen LogP) is 2.17. The van der Waals surface area contributed by atoms with Gasteiger partial charge in [0.15, 0.2) is 0 Å². The number of aryl methyl sites for hydroxylation is 1. The lowest BCUT2D eigenvalue weighted by Gasteiger charge is -2.24. The molecule has 110 valence electrons. The van der Waals surface area contributed by atoms with Crippen molar-refractivity contribution >= 4 is 0 Å². The molecule has 1 aromatic carbocycles. The Morgan fingerprint density at radius 2 is 2.33 bits per heavy atom. The quantitative estimate of drug-likeness (QED) is 0.934. The average molecular weight is 283 g/mol. The molecular formula is C17H21N3O. The Morgan fingerprint density at radius 3 is 3.33 bits per heavy atom. The van der Waals surface area contributed by atoms with Crippen LogP contribution in [0.3, 0.4) is 0 Å². The highest BCUT2D eigenvalue weighted by atomic mass is 16.5. The van der Waals surface area contributed by atoms with Gasteiger partial charge in [0, 0.05) is 38.3 Å². The third-order valence-corrected chi connectivity index (χ3v) is 4.55. The summed E-state index contributed by atoms with van der Waals surface area (Å²) in [5, 5.41) is 3.61. The second-order valence-corrected chi connectivity index (χ2v) is 6.07. The van der Waals surface area contributed by atoms with Crippen molar-refractivity contribution in [3.8, 4) is 5.75 Å². The van der Waals surface area contributed by atoms with Crippen molar-refractivity contribution in [2.45, 2.75) is 32.4 Å². The van der Waals surface area contributed by atoms with Gasteiger partial charge in [-0.2, -0.15) is 0 Å². The van der Waals surface area contributed by atoms with Crippen LogP contribution >= 0.6 is 0 Å². The molecule has 0 fully saturated rings. The maximum atomic E-state index is 5.55. The summed E-state index contributed by atoms with van der Waals surface area (Å²) in [6.45, 7) is 3.95. The maximum absolute atomic E-state index is 5.55. The Kier molecular flexibility index (Phi) is 3.39. The van der Waals surface area contributed by atoms with Crippen molar-refractivity contribution in [2.75, 3.05) is 13.2 Å². The van der Waals surface area contributed by atoms with E-state index in [9.17, 15) is 0 Å². The molecule has 0 saturated carbocycles. The molecule has 0 aliphatic carbocycles. The number of imidazole rings is 1. The molecule has 2 aliphatic heterocycles. The molecular weight excluding hydrogens is 262 g/mol. The lowest BCUT2D eigenvalue weighted by molar-refractivity contribution is 0.347. The molecule has 2 aromatic rings. The van der Waals surface area contributed by atoms with E-state index < -0.39 is 0 Å². The number of fused-ring (bicyclic) bond motifs is 2. The van der Waals surface area contributed by atoms with Gasteiger partial charge in [-0.25, -0.2) is 4.98 Å². The maximum Gasteiger partial charge on any atom is 0.122 e. The zero-order chi connectivity index (χ0) is 14.1. The van der Waals surface area contributed by atoms with Gasteiger partial charge in [-0.15, -0.1) is 0 Å². The van der Waals surface area contributed by atoms with Crippen LogP contribution in [0.15, 0.2) is 30.6 Å². The fourth-order valence-corrected chi connectivity index (χ4v) is 3.37. The first-order chi connectivity index (χ1) is 10.4. The van der Waals surface area contributed by atoms with E-state index in [0.29, 0.717) is 5.92 Å². The molecule has 0 radical (unpaired) electrons. The number of aromatic nitrogens is 2. The number of hydrogen-bond acceptors (Lipinski definition) is 3. The van der Waals surface area contributed by atoms with Crippen molar-refractivity contribution in [1.29, 1.82) is 0 Å². The highest BCUT2D eigenvalue weighted by Crippen LogP contribution is 2.25. The van der Waals surface area contributed by atoms with E-state index in [2.05, 4.69) is 39.3 Å². The van der Waals surface area contributed by atoms with E-state index in [-0.39, 0.29) is 0 Å². The van der Waals surface area contributed by atoms with Crippen LogP contribution in [-0.2, 0) is 25.9 Å². The number of nitrogens with one attached hydrogen (secondary N) is 1. The molecule has 4 nitrogen and oxygen atoms in total. The fraction of sp³-hybridized carbons (Fsp3) is 0.471. The summed E-state index contributed by atoms with van der Waals surface area (Å²) in [7, 11) is 0. The Balaban J connectivity index is 1.30. The summed E-state index contributed by atoms with van der Waals surface area (Å²) in [6.07, 6.45) is 7.41. The summed E-state index contributed by atoms with van der Waals surface area (Å²) in [5.74, 6) is 3.02. The van der Waals surface area contributed by atoms with Gasteiger partial charge in [-0.3, -0.25) is 0 Å². The first kappa shape index (κ1) is 12.9. The first-order valence-corrected chi connectivity index (χ1v) is 7.84. The molecule has 1 N–H and O–H groups in total. The van der Waals surface area contributed by atoms with Crippen molar-refractivity contribution < 1.29 is 4.74 Å². The molecule has 4 rings (SSSR count). The minimum absolute atomic E-state index is 0.712. The zero-order valence-electron chi connectivity index (χ0n) is 12.2. The first-order valence-electron chi connectivity index (χ1n) is 7.84. The van der Waals surface area contributed by atoms with Crippen molar-refractivity contribution in [3.05, 3.63) is 47.5 Å².